The predicted molar refractivity (Wildman–Crippen MR) is 35.9 cm³/mol. The minimum atomic E-state index is 0.891. The Hall–Kier alpha value is -0.120. The summed E-state index contributed by atoms with van der Waals surface area (Å²) in [5, 5.41) is 9.19. The van der Waals surface area contributed by atoms with Crippen LogP contribution in [0.5, 0.6) is 0 Å². The normalized spacial score (nSPS) is 9.75. The van der Waals surface area contributed by atoms with Crippen LogP contribution in [0.4, 0.5) is 0 Å². The van der Waals surface area contributed by atoms with Gasteiger partial charge in [-0.05, 0) is 14.1 Å². The minimum absolute atomic E-state index is 0.891. The standard InChI is InChI=1S/C5H15N3/c1-6-3-4-8-5-7-2/h6-8H,3-5H2,1-2H3. The van der Waals surface area contributed by atoms with E-state index in [0.717, 1.165) is 19.8 Å². The van der Waals surface area contributed by atoms with E-state index in [9.17, 15) is 0 Å². The van der Waals surface area contributed by atoms with Crippen molar-refractivity contribution in [2.24, 2.45) is 0 Å². The summed E-state index contributed by atoms with van der Waals surface area (Å²) in [6.07, 6.45) is 0. The van der Waals surface area contributed by atoms with Gasteiger partial charge in [-0.25, -0.2) is 0 Å². The number of hydrogen-bond acceptors (Lipinski definition) is 3. The predicted octanol–water partition coefficient (Wildman–Crippen LogP) is -1.03. The van der Waals surface area contributed by atoms with Gasteiger partial charge in [0, 0.05) is 19.8 Å². The summed E-state index contributed by atoms with van der Waals surface area (Å²) in [7, 11) is 3.87. The van der Waals surface area contributed by atoms with Gasteiger partial charge in [0.15, 0.2) is 0 Å². The topological polar surface area (TPSA) is 36.1 Å². The quantitative estimate of drug-likeness (QED) is 0.318. The van der Waals surface area contributed by atoms with Crippen LogP contribution in [0.3, 0.4) is 0 Å². The molecule has 8 heavy (non-hydrogen) atoms. The number of hydrogen-bond donors (Lipinski definition) is 3. The first-order valence-electron chi connectivity index (χ1n) is 2.91. The molecule has 0 saturated heterocycles. The van der Waals surface area contributed by atoms with Crippen molar-refractivity contribution in [2.75, 3.05) is 33.9 Å². The molecule has 0 aliphatic rings. The van der Waals surface area contributed by atoms with Crippen molar-refractivity contribution in [3.8, 4) is 0 Å². The average Bonchev–Trinajstić information content (AvgIpc) is 1.81. The van der Waals surface area contributed by atoms with E-state index in [0.29, 0.717) is 0 Å². The first-order valence-corrected chi connectivity index (χ1v) is 2.91. The second-order valence-electron chi connectivity index (χ2n) is 1.63. The maximum Gasteiger partial charge on any atom is 0.0452 e. The summed E-state index contributed by atoms with van der Waals surface area (Å²) in [6.45, 7) is 2.95. The lowest BCUT2D eigenvalue weighted by atomic mass is 10.6. The van der Waals surface area contributed by atoms with E-state index in [2.05, 4.69) is 16.0 Å². The number of nitrogens with one attached hydrogen (secondary N) is 3. The Morgan fingerprint density at radius 2 is 1.75 bits per heavy atom. The molecule has 3 N–H and O–H groups in total. The van der Waals surface area contributed by atoms with Crippen LogP contribution in [-0.4, -0.2) is 33.9 Å². The lowest BCUT2D eigenvalue weighted by Gasteiger charge is -2.00. The molecule has 3 nitrogen and oxygen atoms in total. The molecular weight excluding hydrogens is 102 g/mol. The molecule has 0 saturated carbocycles. The first kappa shape index (κ1) is 7.88. The fourth-order valence-corrected chi connectivity index (χ4v) is 0.427. The fraction of sp³-hybridized carbons (Fsp3) is 1.00. The molecule has 0 aromatic carbocycles. The van der Waals surface area contributed by atoms with Crippen LogP contribution >= 0.6 is 0 Å². The van der Waals surface area contributed by atoms with Gasteiger partial charge in [0.25, 0.3) is 0 Å². The summed E-state index contributed by atoms with van der Waals surface area (Å²) in [4.78, 5) is 0. The molecule has 0 aromatic rings. The zero-order chi connectivity index (χ0) is 6.24. The van der Waals surface area contributed by atoms with Gasteiger partial charge in [0.1, 0.15) is 0 Å². The Morgan fingerprint density at radius 1 is 1.00 bits per heavy atom. The van der Waals surface area contributed by atoms with Gasteiger partial charge in [-0.1, -0.05) is 0 Å². The number of likely N-dealkylation sites (N-methyl/N-ethyl adjacent to an activating group) is 1. The maximum absolute atomic E-state index is 3.16. The van der Waals surface area contributed by atoms with E-state index in [4.69, 9.17) is 0 Å². The SMILES string of the molecule is CNCCNCNC. The monoisotopic (exact) mass is 117 g/mol. The number of rotatable bonds is 5. The molecule has 0 bridgehead atoms. The largest absolute Gasteiger partial charge is 0.318 e. The third-order valence-electron chi connectivity index (χ3n) is 0.854. The molecule has 0 aliphatic heterocycles. The second kappa shape index (κ2) is 6.88. The van der Waals surface area contributed by atoms with Crippen molar-refractivity contribution in [1.82, 2.24) is 16.0 Å². The third kappa shape index (κ3) is 5.88. The fourth-order valence-electron chi connectivity index (χ4n) is 0.427. The molecule has 0 atom stereocenters. The van der Waals surface area contributed by atoms with E-state index in [1.807, 2.05) is 14.1 Å². The molecule has 3 heteroatoms. The summed E-state index contributed by atoms with van der Waals surface area (Å²) >= 11 is 0. The van der Waals surface area contributed by atoms with Crippen molar-refractivity contribution < 1.29 is 0 Å². The molecule has 0 amide bonds. The van der Waals surface area contributed by atoms with E-state index >= 15 is 0 Å². The highest BCUT2D eigenvalue weighted by molar-refractivity contribution is 4.44. The van der Waals surface area contributed by atoms with Crippen LogP contribution in [0, 0.1) is 0 Å². The highest BCUT2D eigenvalue weighted by atomic mass is 15.0. The summed E-state index contributed by atoms with van der Waals surface area (Å²) in [6, 6.07) is 0. The molecule has 0 fully saturated rings. The minimum Gasteiger partial charge on any atom is -0.318 e. The van der Waals surface area contributed by atoms with Gasteiger partial charge < -0.3 is 16.0 Å². The average molecular weight is 117 g/mol. The van der Waals surface area contributed by atoms with Crippen LogP contribution in [0.25, 0.3) is 0 Å². The zero-order valence-electron chi connectivity index (χ0n) is 5.62. The van der Waals surface area contributed by atoms with Crippen molar-refractivity contribution in [2.45, 2.75) is 0 Å². The van der Waals surface area contributed by atoms with Crippen molar-refractivity contribution in [3.63, 3.8) is 0 Å². The molecule has 0 aromatic heterocycles. The van der Waals surface area contributed by atoms with Crippen LogP contribution in [0.1, 0.15) is 0 Å². The van der Waals surface area contributed by atoms with Crippen LogP contribution in [-0.2, 0) is 0 Å². The summed E-state index contributed by atoms with van der Waals surface area (Å²) < 4.78 is 0. The van der Waals surface area contributed by atoms with Crippen molar-refractivity contribution in [3.05, 3.63) is 0 Å². The van der Waals surface area contributed by atoms with Crippen LogP contribution in [0.15, 0.2) is 0 Å². The van der Waals surface area contributed by atoms with E-state index < -0.39 is 0 Å². The van der Waals surface area contributed by atoms with E-state index in [1.54, 1.807) is 0 Å². The van der Waals surface area contributed by atoms with Crippen LogP contribution in [0.2, 0.25) is 0 Å². The van der Waals surface area contributed by atoms with Gasteiger partial charge in [0.05, 0.1) is 0 Å². The molecule has 0 spiro atoms. The molecule has 0 heterocycles. The zero-order valence-corrected chi connectivity index (χ0v) is 5.62. The molecule has 0 aliphatic carbocycles. The lowest BCUT2D eigenvalue weighted by Crippen LogP contribution is -2.31. The summed E-state index contributed by atoms with van der Waals surface area (Å²) in [5.74, 6) is 0. The molecular formula is C5H15N3. The van der Waals surface area contributed by atoms with Gasteiger partial charge in [0.2, 0.25) is 0 Å². The molecule has 50 valence electrons. The Bertz CT molecular complexity index is 32.7. The van der Waals surface area contributed by atoms with Crippen molar-refractivity contribution >= 4 is 0 Å². The van der Waals surface area contributed by atoms with Gasteiger partial charge in [-0.3, -0.25) is 0 Å². The molecule has 0 radical (unpaired) electrons. The first-order chi connectivity index (χ1) is 3.91. The Morgan fingerprint density at radius 3 is 2.25 bits per heavy atom. The maximum atomic E-state index is 3.16. The highest BCUT2D eigenvalue weighted by Gasteiger charge is 1.78. The van der Waals surface area contributed by atoms with E-state index in [-0.39, 0.29) is 0 Å². The smallest absolute Gasteiger partial charge is 0.0452 e. The Balaban J connectivity index is 2.53. The van der Waals surface area contributed by atoms with Gasteiger partial charge in [-0.15, -0.1) is 0 Å². The highest BCUT2D eigenvalue weighted by Crippen LogP contribution is 1.50. The van der Waals surface area contributed by atoms with E-state index in [1.165, 1.54) is 0 Å². The summed E-state index contributed by atoms with van der Waals surface area (Å²) in [5.41, 5.74) is 0. The Labute approximate surface area is 50.8 Å². The Kier molecular flexibility index (Phi) is 6.78. The molecule has 0 unspecified atom stereocenters. The van der Waals surface area contributed by atoms with Crippen molar-refractivity contribution in [1.29, 1.82) is 0 Å². The molecule has 0 rings (SSSR count). The second-order valence-corrected chi connectivity index (χ2v) is 1.63. The van der Waals surface area contributed by atoms with Crippen LogP contribution < -0.4 is 16.0 Å². The van der Waals surface area contributed by atoms with Gasteiger partial charge >= 0.3 is 0 Å². The lowest BCUT2D eigenvalue weighted by molar-refractivity contribution is 0.611. The van der Waals surface area contributed by atoms with Gasteiger partial charge in [-0.2, -0.15) is 0 Å². The third-order valence-corrected chi connectivity index (χ3v) is 0.854.